The molecule has 2 heterocycles. The molecular formula is C26H19N9O4. The maximum absolute atomic E-state index is 10.9. The smallest absolute Gasteiger partial charge is 0.311 e. The van der Waals surface area contributed by atoms with E-state index in [2.05, 4.69) is 41.2 Å². The van der Waals surface area contributed by atoms with Crippen molar-refractivity contribution in [3.8, 4) is 56.5 Å². The van der Waals surface area contributed by atoms with E-state index in [1.165, 1.54) is 12.1 Å². The molecule has 6 rings (SSSR count). The average molecular weight is 521 g/mol. The second-order valence-electron chi connectivity index (χ2n) is 8.08. The van der Waals surface area contributed by atoms with Gasteiger partial charge in [0.25, 0.3) is 0 Å². The molecule has 0 saturated carbocycles. The lowest BCUT2D eigenvalue weighted by Gasteiger charge is -2.06. The van der Waals surface area contributed by atoms with Crippen molar-refractivity contribution in [2.24, 2.45) is 0 Å². The van der Waals surface area contributed by atoms with Crippen LogP contribution in [0.4, 0.5) is 5.69 Å². The number of aromatic hydroxyl groups is 2. The monoisotopic (exact) mass is 521 g/mol. The highest BCUT2D eigenvalue weighted by molar-refractivity contribution is 5.78. The number of nitrogens with zero attached hydrogens (tertiary/aromatic N) is 7. The number of rotatable bonds is 5. The van der Waals surface area contributed by atoms with E-state index in [0.29, 0.717) is 28.3 Å². The predicted molar refractivity (Wildman–Crippen MR) is 140 cm³/mol. The fourth-order valence-corrected chi connectivity index (χ4v) is 3.85. The quantitative estimate of drug-likeness (QED) is 0.187. The van der Waals surface area contributed by atoms with Gasteiger partial charge in [-0.3, -0.25) is 10.1 Å². The van der Waals surface area contributed by atoms with E-state index >= 15 is 0 Å². The van der Waals surface area contributed by atoms with E-state index in [9.17, 15) is 20.3 Å². The van der Waals surface area contributed by atoms with Crippen molar-refractivity contribution in [3.63, 3.8) is 0 Å². The average Bonchev–Trinajstić information content (AvgIpc) is 3.69. The molecule has 13 heteroatoms. The van der Waals surface area contributed by atoms with E-state index in [1.54, 1.807) is 42.5 Å². The Morgan fingerprint density at radius 2 is 1.15 bits per heavy atom. The number of nitro benzene ring substituents is 1. The standard InChI is InChI=1S/C13H9N5O3.C13H10N4O/c19-12-10(5-2-6-11(12)18(20)21)8-3-1-4-9(7-8)13-14-16-17-15-13;18-12-7-2-1-6-11(12)9-4-3-5-10(8-9)13-14-16-17-15-13/h1-7,19H,(H,14,15,16,17);1-8,18H,(H,14,15,16,17). The molecule has 4 N–H and O–H groups in total. The first-order chi connectivity index (χ1) is 19.0. The highest BCUT2D eigenvalue weighted by atomic mass is 16.6. The lowest BCUT2D eigenvalue weighted by molar-refractivity contribution is -0.385. The third-order valence-corrected chi connectivity index (χ3v) is 5.67. The molecule has 0 saturated heterocycles. The summed E-state index contributed by atoms with van der Waals surface area (Å²) in [6.45, 7) is 0. The topological polar surface area (TPSA) is 193 Å². The summed E-state index contributed by atoms with van der Waals surface area (Å²) in [5, 5.41) is 58.1. The molecular weight excluding hydrogens is 502 g/mol. The Bertz CT molecular complexity index is 1720. The first-order valence-electron chi connectivity index (χ1n) is 11.4. The van der Waals surface area contributed by atoms with Crippen molar-refractivity contribution in [2.75, 3.05) is 0 Å². The third kappa shape index (κ3) is 5.41. The minimum Gasteiger partial charge on any atom is -0.507 e. The van der Waals surface area contributed by atoms with Crippen LogP contribution in [0.3, 0.4) is 0 Å². The maximum atomic E-state index is 10.9. The highest BCUT2D eigenvalue weighted by Gasteiger charge is 2.18. The van der Waals surface area contributed by atoms with Crippen LogP contribution in [0.2, 0.25) is 0 Å². The number of para-hydroxylation sites is 2. The van der Waals surface area contributed by atoms with Crippen LogP contribution < -0.4 is 0 Å². The lowest BCUT2D eigenvalue weighted by atomic mass is 10.0. The van der Waals surface area contributed by atoms with E-state index in [-0.39, 0.29) is 17.2 Å². The Labute approximate surface area is 220 Å². The summed E-state index contributed by atoms with van der Waals surface area (Å²) >= 11 is 0. The second-order valence-corrected chi connectivity index (χ2v) is 8.08. The molecule has 39 heavy (non-hydrogen) atoms. The Morgan fingerprint density at radius 3 is 1.69 bits per heavy atom. The van der Waals surface area contributed by atoms with E-state index < -0.39 is 4.92 Å². The van der Waals surface area contributed by atoms with Crippen molar-refractivity contribution < 1.29 is 15.1 Å². The highest BCUT2D eigenvalue weighted by Crippen LogP contribution is 2.37. The zero-order valence-electron chi connectivity index (χ0n) is 20.0. The second kappa shape index (κ2) is 11.0. The van der Waals surface area contributed by atoms with Gasteiger partial charge in [-0.2, -0.15) is 10.4 Å². The Morgan fingerprint density at radius 1 is 0.641 bits per heavy atom. The Kier molecular flexibility index (Phi) is 6.94. The molecule has 13 nitrogen and oxygen atoms in total. The van der Waals surface area contributed by atoms with Gasteiger partial charge in [-0.1, -0.05) is 66.7 Å². The number of nitrogens with one attached hydrogen (secondary N) is 2. The molecule has 0 radical (unpaired) electrons. The van der Waals surface area contributed by atoms with Crippen LogP contribution in [0.5, 0.6) is 11.5 Å². The summed E-state index contributed by atoms with van der Waals surface area (Å²) in [5.74, 6) is 0.824. The van der Waals surface area contributed by atoms with Gasteiger partial charge in [0.05, 0.1) is 4.92 Å². The van der Waals surface area contributed by atoms with Crippen molar-refractivity contribution in [3.05, 3.63) is 101 Å². The molecule has 192 valence electrons. The summed E-state index contributed by atoms with van der Waals surface area (Å²) in [6, 6.07) is 26.2. The third-order valence-electron chi connectivity index (χ3n) is 5.67. The van der Waals surface area contributed by atoms with Gasteiger partial charge in [-0.05, 0) is 39.8 Å². The summed E-state index contributed by atoms with van der Waals surface area (Å²) < 4.78 is 0. The number of hydrogen-bond donors (Lipinski definition) is 4. The zero-order chi connectivity index (χ0) is 27.2. The molecule has 4 aromatic carbocycles. The molecule has 0 unspecified atom stereocenters. The molecule has 0 aliphatic rings. The van der Waals surface area contributed by atoms with Gasteiger partial charge in [-0.25, -0.2) is 0 Å². The van der Waals surface area contributed by atoms with E-state index in [1.807, 2.05) is 36.4 Å². The van der Waals surface area contributed by atoms with Gasteiger partial charge < -0.3 is 10.2 Å². The lowest BCUT2D eigenvalue weighted by Crippen LogP contribution is -1.90. The first-order valence-corrected chi connectivity index (χ1v) is 11.4. The van der Waals surface area contributed by atoms with Crippen LogP contribution >= 0.6 is 0 Å². The van der Waals surface area contributed by atoms with Crippen LogP contribution in [0.15, 0.2) is 91.0 Å². The van der Waals surface area contributed by atoms with E-state index in [0.717, 1.165) is 16.7 Å². The summed E-state index contributed by atoms with van der Waals surface area (Å²) in [4.78, 5) is 10.2. The molecule has 2 aromatic heterocycles. The Balaban J connectivity index is 0.000000160. The largest absolute Gasteiger partial charge is 0.507 e. The van der Waals surface area contributed by atoms with Crippen molar-refractivity contribution in [1.29, 1.82) is 0 Å². The van der Waals surface area contributed by atoms with Gasteiger partial charge >= 0.3 is 5.69 Å². The number of tetrazole rings is 2. The van der Waals surface area contributed by atoms with Crippen molar-refractivity contribution in [1.82, 2.24) is 41.2 Å². The summed E-state index contributed by atoms with van der Waals surface area (Å²) in [5.41, 5.74) is 3.89. The summed E-state index contributed by atoms with van der Waals surface area (Å²) in [7, 11) is 0. The molecule has 0 atom stereocenters. The number of phenolic OH excluding ortho intramolecular Hbond substituents is 2. The van der Waals surface area contributed by atoms with Crippen LogP contribution in [-0.2, 0) is 0 Å². The van der Waals surface area contributed by atoms with Gasteiger partial charge in [0.1, 0.15) is 5.75 Å². The van der Waals surface area contributed by atoms with E-state index in [4.69, 9.17) is 0 Å². The molecule has 0 aliphatic carbocycles. The van der Waals surface area contributed by atoms with Gasteiger partial charge in [-0.15, -0.1) is 20.4 Å². The van der Waals surface area contributed by atoms with Gasteiger partial charge in [0, 0.05) is 28.3 Å². The molecule has 0 spiro atoms. The number of nitro groups is 1. The molecule has 0 fully saturated rings. The van der Waals surface area contributed by atoms with Crippen molar-refractivity contribution in [2.45, 2.75) is 0 Å². The molecule has 0 bridgehead atoms. The number of phenols is 2. The Hall–Kier alpha value is -5.98. The van der Waals surface area contributed by atoms with Gasteiger partial charge in [0.2, 0.25) is 17.4 Å². The number of H-pyrrole nitrogens is 2. The summed E-state index contributed by atoms with van der Waals surface area (Å²) in [6.07, 6.45) is 0. The van der Waals surface area contributed by atoms with Crippen LogP contribution in [0.25, 0.3) is 45.0 Å². The van der Waals surface area contributed by atoms with Gasteiger partial charge in [0.15, 0.2) is 0 Å². The number of hydrogen-bond acceptors (Lipinski definition) is 10. The normalized spacial score (nSPS) is 10.5. The van der Waals surface area contributed by atoms with Crippen LogP contribution in [0.1, 0.15) is 0 Å². The van der Waals surface area contributed by atoms with Crippen LogP contribution in [-0.4, -0.2) is 56.4 Å². The van der Waals surface area contributed by atoms with Crippen molar-refractivity contribution >= 4 is 5.69 Å². The minimum atomic E-state index is -0.623. The number of aromatic amines is 2. The van der Waals surface area contributed by atoms with Crippen LogP contribution in [0, 0.1) is 10.1 Å². The fraction of sp³-hybridized carbons (Fsp3) is 0. The molecule has 6 aromatic rings. The number of benzene rings is 4. The fourth-order valence-electron chi connectivity index (χ4n) is 3.85. The SMILES string of the molecule is O=[N+]([O-])c1cccc(-c2cccc(-c3nn[nH]n3)c2)c1O.Oc1ccccc1-c1cccc(-c2nn[nH]n2)c1. The first kappa shape index (κ1) is 24.7. The number of aromatic nitrogens is 8. The molecule has 0 amide bonds. The minimum absolute atomic E-state index is 0.253. The maximum Gasteiger partial charge on any atom is 0.311 e. The predicted octanol–water partition coefficient (Wildman–Crippen LogP) is 4.39. The zero-order valence-corrected chi connectivity index (χ0v) is 20.0. The molecule has 0 aliphatic heterocycles.